The summed E-state index contributed by atoms with van der Waals surface area (Å²) in [5, 5.41) is 3.69. The van der Waals surface area contributed by atoms with Crippen LogP contribution in [0, 0.1) is 0 Å². The van der Waals surface area contributed by atoms with Crippen molar-refractivity contribution >= 4 is 11.8 Å². The highest BCUT2D eigenvalue weighted by Gasteiger charge is 2.38. The molecule has 0 amide bonds. The van der Waals surface area contributed by atoms with Crippen molar-refractivity contribution in [3.8, 4) is 0 Å². The standard InChI is InChI=1S/C12H26N2S/c1-6-12(4)10-14(7-8-15-5)11(2,3)9-13-12/h13H,6-10H2,1-5H3. The monoisotopic (exact) mass is 230 g/mol. The minimum atomic E-state index is 0.310. The molecule has 0 radical (unpaired) electrons. The summed E-state index contributed by atoms with van der Waals surface area (Å²) in [4.78, 5) is 2.64. The Morgan fingerprint density at radius 2 is 2.00 bits per heavy atom. The Labute approximate surface area is 99.2 Å². The molecule has 1 N–H and O–H groups in total. The van der Waals surface area contributed by atoms with Gasteiger partial charge in [-0.1, -0.05) is 6.92 Å². The van der Waals surface area contributed by atoms with Crippen LogP contribution in [0.4, 0.5) is 0 Å². The molecule has 0 aromatic carbocycles. The van der Waals surface area contributed by atoms with Crippen LogP contribution in [0.25, 0.3) is 0 Å². The average molecular weight is 230 g/mol. The lowest BCUT2D eigenvalue weighted by Gasteiger charge is -2.50. The summed E-state index contributed by atoms with van der Waals surface area (Å²) in [5.41, 5.74) is 0.623. The molecule has 2 nitrogen and oxygen atoms in total. The van der Waals surface area contributed by atoms with Crippen molar-refractivity contribution in [3.63, 3.8) is 0 Å². The lowest BCUT2D eigenvalue weighted by atomic mass is 9.88. The third kappa shape index (κ3) is 3.36. The Bertz CT molecular complexity index is 206. The SMILES string of the molecule is CCC1(C)CN(CCSC)C(C)(C)CN1. The molecule has 1 rings (SSSR count). The predicted octanol–water partition coefficient (Wildman–Crippen LogP) is 2.20. The smallest absolute Gasteiger partial charge is 0.0278 e. The van der Waals surface area contributed by atoms with Crippen molar-refractivity contribution in [2.45, 2.75) is 45.2 Å². The molecule has 15 heavy (non-hydrogen) atoms. The fourth-order valence-corrected chi connectivity index (χ4v) is 2.46. The normalized spacial score (nSPS) is 31.8. The van der Waals surface area contributed by atoms with Crippen LogP contribution in [0.3, 0.4) is 0 Å². The molecule has 1 aliphatic rings. The van der Waals surface area contributed by atoms with Crippen LogP contribution in [0.15, 0.2) is 0 Å². The van der Waals surface area contributed by atoms with E-state index < -0.39 is 0 Å². The molecule has 1 atom stereocenters. The topological polar surface area (TPSA) is 15.3 Å². The molecule has 1 saturated heterocycles. The molecule has 1 aliphatic heterocycles. The predicted molar refractivity (Wildman–Crippen MR) is 70.7 cm³/mol. The van der Waals surface area contributed by atoms with E-state index in [1.165, 1.54) is 25.3 Å². The molecular weight excluding hydrogens is 204 g/mol. The number of hydrogen-bond acceptors (Lipinski definition) is 3. The number of hydrogen-bond donors (Lipinski definition) is 1. The van der Waals surface area contributed by atoms with E-state index in [-0.39, 0.29) is 0 Å². The first-order valence-corrected chi connectivity index (χ1v) is 7.32. The van der Waals surface area contributed by atoms with Crippen molar-refractivity contribution in [1.82, 2.24) is 10.2 Å². The van der Waals surface area contributed by atoms with Gasteiger partial charge in [-0.2, -0.15) is 11.8 Å². The van der Waals surface area contributed by atoms with Crippen molar-refractivity contribution in [2.24, 2.45) is 0 Å². The highest BCUT2D eigenvalue weighted by molar-refractivity contribution is 7.98. The zero-order valence-electron chi connectivity index (χ0n) is 10.9. The second-order valence-electron chi connectivity index (χ2n) is 5.49. The summed E-state index contributed by atoms with van der Waals surface area (Å²) in [6.07, 6.45) is 3.40. The summed E-state index contributed by atoms with van der Waals surface area (Å²) in [6.45, 7) is 12.8. The van der Waals surface area contributed by atoms with Gasteiger partial charge in [-0.3, -0.25) is 4.90 Å². The Kier molecular flexibility index (Phi) is 4.50. The molecular formula is C12H26N2S. The van der Waals surface area contributed by atoms with Gasteiger partial charge in [-0.05, 0) is 33.4 Å². The lowest BCUT2D eigenvalue weighted by Crippen LogP contribution is -2.67. The molecule has 1 heterocycles. The van der Waals surface area contributed by atoms with Crippen LogP contribution in [0.2, 0.25) is 0 Å². The van der Waals surface area contributed by atoms with Crippen molar-refractivity contribution < 1.29 is 0 Å². The van der Waals surface area contributed by atoms with Crippen LogP contribution in [-0.4, -0.2) is 47.6 Å². The van der Waals surface area contributed by atoms with Crippen molar-refractivity contribution in [3.05, 3.63) is 0 Å². The zero-order valence-corrected chi connectivity index (χ0v) is 11.7. The van der Waals surface area contributed by atoms with E-state index in [1.807, 2.05) is 11.8 Å². The molecule has 0 saturated carbocycles. The van der Waals surface area contributed by atoms with Gasteiger partial charge in [-0.25, -0.2) is 0 Å². The minimum absolute atomic E-state index is 0.310. The first kappa shape index (κ1) is 13.3. The molecule has 3 heteroatoms. The van der Waals surface area contributed by atoms with E-state index >= 15 is 0 Å². The van der Waals surface area contributed by atoms with Gasteiger partial charge in [0.25, 0.3) is 0 Å². The highest BCUT2D eigenvalue weighted by Crippen LogP contribution is 2.25. The fourth-order valence-electron chi connectivity index (χ4n) is 2.05. The molecule has 0 aliphatic carbocycles. The Hall–Kier alpha value is 0.270. The molecule has 0 aromatic heterocycles. The fraction of sp³-hybridized carbons (Fsp3) is 1.00. The third-order valence-electron chi connectivity index (χ3n) is 3.69. The number of thioether (sulfide) groups is 1. The number of piperazine rings is 1. The van der Waals surface area contributed by atoms with Crippen LogP contribution in [-0.2, 0) is 0 Å². The first-order chi connectivity index (χ1) is 6.93. The van der Waals surface area contributed by atoms with E-state index in [0.717, 1.165) is 6.54 Å². The van der Waals surface area contributed by atoms with Gasteiger partial charge >= 0.3 is 0 Å². The zero-order chi connectivity index (χ0) is 11.5. The Morgan fingerprint density at radius 1 is 1.33 bits per heavy atom. The maximum absolute atomic E-state index is 3.69. The van der Waals surface area contributed by atoms with E-state index in [1.54, 1.807) is 0 Å². The van der Waals surface area contributed by atoms with Crippen LogP contribution in [0.5, 0.6) is 0 Å². The van der Waals surface area contributed by atoms with Gasteiger partial charge in [0.15, 0.2) is 0 Å². The number of rotatable bonds is 4. The third-order valence-corrected chi connectivity index (χ3v) is 4.28. The molecule has 1 fully saturated rings. The van der Waals surface area contributed by atoms with Gasteiger partial charge in [0.1, 0.15) is 0 Å². The summed E-state index contributed by atoms with van der Waals surface area (Å²) in [7, 11) is 0. The van der Waals surface area contributed by atoms with Crippen molar-refractivity contribution in [2.75, 3.05) is 31.6 Å². The summed E-state index contributed by atoms with van der Waals surface area (Å²) in [6, 6.07) is 0. The van der Waals surface area contributed by atoms with Gasteiger partial charge < -0.3 is 5.32 Å². The number of nitrogens with zero attached hydrogens (tertiary/aromatic N) is 1. The minimum Gasteiger partial charge on any atom is -0.308 e. The quantitative estimate of drug-likeness (QED) is 0.797. The van der Waals surface area contributed by atoms with Crippen molar-refractivity contribution in [1.29, 1.82) is 0 Å². The number of nitrogens with one attached hydrogen (secondary N) is 1. The largest absolute Gasteiger partial charge is 0.308 e. The molecule has 90 valence electrons. The van der Waals surface area contributed by atoms with E-state index in [0.29, 0.717) is 11.1 Å². The lowest BCUT2D eigenvalue weighted by molar-refractivity contribution is 0.0370. The maximum atomic E-state index is 3.69. The second-order valence-corrected chi connectivity index (χ2v) is 6.48. The van der Waals surface area contributed by atoms with Gasteiger partial charge in [0.2, 0.25) is 0 Å². The molecule has 0 spiro atoms. The summed E-state index contributed by atoms with van der Waals surface area (Å²) in [5.74, 6) is 1.24. The molecule has 1 unspecified atom stereocenters. The maximum Gasteiger partial charge on any atom is 0.0278 e. The Balaban J connectivity index is 2.62. The van der Waals surface area contributed by atoms with Crippen LogP contribution >= 0.6 is 11.8 Å². The second kappa shape index (κ2) is 5.07. The Morgan fingerprint density at radius 3 is 2.53 bits per heavy atom. The van der Waals surface area contributed by atoms with Crippen LogP contribution < -0.4 is 5.32 Å². The average Bonchev–Trinajstić information content (AvgIpc) is 2.20. The van der Waals surface area contributed by atoms with Crippen LogP contribution in [0.1, 0.15) is 34.1 Å². The van der Waals surface area contributed by atoms with Gasteiger partial charge in [-0.15, -0.1) is 0 Å². The summed E-state index contributed by atoms with van der Waals surface area (Å²) < 4.78 is 0. The summed E-state index contributed by atoms with van der Waals surface area (Å²) >= 11 is 1.94. The van der Waals surface area contributed by atoms with E-state index in [9.17, 15) is 0 Å². The molecule has 0 bridgehead atoms. The first-order valence-electron chi connectivity index (χ1n) is 5.92. The van der Waals surface area contributed by atoms with Gasteiger partial charge in [0, 0.05) is 36.5 Å². The van der Waals surface area contributed by atoms with E-state index in [4.69, 9.17) is 0 Å². The highest BCUT2D eigenvalue weighted by atomic mass is 32.2. The van der Waals surface area contributed by atoms with E-state index in [2.05, 4.69) is 44.2 Å². The van der Waals surface area contributed by atoms with Gasteiger partial charge in [0.05, 0.1) is 0 Å². The molecule has 0 aromatic rings.